The van der Waals surface area contributed by atoms with E-state index < -0.39 is 0 Å². The van der Waals surface area contributed by atoms with Gasteiger partial charge in [-0.3, -0.25) is 9.80 Å². The van der Waals surface area contributed by atoms with Crippen molar-refractivity contribution in [3.63, 3.8) is 0 Å². The van der Waals surface area contributed by atoms with Crippen LogP contribution in [0.25, 0.3) is 0 Å². The van der Waals surface area contributed by atoms with Crippen LogP contribution < -0.4 is 10.3 Å². The molecule has 0 fully saturated rings. The van der Waals surface area contributed by atoms with E-state index in [1.165, 1.54) is 0 Å². The number of anilines is 1. The van der Waals surface area contributed by atoms with E-state index in [0.717, 1.165) is 5.56 Å². The summed E-state index contributed by atoms with van der Waals surface area (Å²) >= 11 is 6.35. The highest BCUT2D eigenvalue weighted by Crippen LogP contribution is 2.29. The van der Waals surface area contributed by atoms with Crippen LogP contribution in [0.1, 0.15) is 53.5 Å². The van der Waals surface area contributed by atoms with E-state index in [1.54, 1.807) is 31.4 Å². The first-order chi connectivity index (χ1) is 12.6. The van der Waals surface area contributed by atoms with Crippen molar-refractivity contribution < 1.29 is 4.79 Å². The molecular weight excluding hydrogens is 362 g/mol. The van der Waals surface area contributed by atoms with Crippen LogP contribution in [0.5, 0.6) is 0 Å². The van der Waals surface area contributed by atoms with Crippen LogP contribution in [0.15, 0.2) is 28.6 Å². The van der Waals surface area contributed by atoms with Gasteiger partial charge in [0.05, 0.1) is 16.7 Å². The third-order valence-corrected chi connectivity index (χ3v) is 4.32. The Balaban J connectivity index is 0.00000176. The number of carbonyl (C=O) groups is 1. The molecule has 0 saturated carbocycles. The fraction of sp³-hybridized carbons (Fsp3) is 0.500. The zero-order valence-corrected chi connectivity index (χ0v) is 17.8. The van der Waals surface area contributed by atoms with Crippen molar-refractivity contribution in [1.82, 2.24) is 10.3 Å². The molecule has 1 amide bonds. The van der Waals surface area contributed by atoms with Gasteiger partial charge >= 0.3 is 0 Å². The van der Waals surface area contributed by atoms with Gasteiger partial charge in [-0.05, 0) is 24.0 Å². The topological polar surface area (TPSA) is 81.4 Å². The fourth-order valence-electron chi connectivity index (χ4n) is 2.52. The molecule has 1 aliphatic rings. The summed E-state index contributed by atoms with van der Waals surface area (Å²) in [5.74, 6) is 0.0421. The Kier molecular flexibility index (Phi) is 7.98. The van der Waals surface area contributed by atoms with Crippen LogP contribution in [0.3, 0.4) is 0 Å². The molecule has 146 valence electrons. The maximum absolute atomic E-state index is 11.7. The Morgan fingerprint density at radius 2 is 2.07 bits per heavy atom. The second-order valence-electron chi connectivity index (χ2n) is 7.08. The third-order valence-electron chi connectivity index (χ3n) is 4.04. The Labute approximate surface area is 166 Å². The zero-order valence-electron chi connectivity index (χ0n) is 17.1. The molecule has 1 atom stereocenters. The molecule has 1 aromatic rings. The highest BCUT2D eigenvalue weighted by atomic mass is 35.5. The maximum Gasteiger partial charge on any atom is 0.225 e. The third kappa shape index (κ3) is 5.80. The van der Waals surface area contributed by atoms with Crippen molar-refractivity contribution in [3.8, 4) is 6.07 Å². The molecule has 2 heterocycles. The Morgan fingerprint density at radius 1 is 1.44 bits per heavy atom. The molecule has 27 heavy (non-hydrogen) atoms. The van der Waals surface area contributed by atoms with Crippen molar-refractivity contribution in [2.75, 3.05) is 12.1 Å². The number of rotatable bonds is 3. The van der Waals surface area contributed by atoms with Crippen LogP contribution in [-0.2, 0) is 10.2 Å². The summed E-state index contributed by atoms with van der Waals surface area (Å²) < 4.78 is 0. The highest BCUT2D eigenvalue weighted by molar-refractivity contribution is 6.33. The fourth-order valence-corrected chi connectivity index (χ4v) is 2.80. The number of hydrogen-bond acceptors (Lipinski definition) is 5. The molecule has 0 bridgehead atoms. The van der Waals surface area contributed by atoms with E-state index >= 15 is 0 Å². The molecule has 1 aromatic heterocycles. The van der Waals surface area contributed by atoms with Gasteiger partial charge in [0.25, 0.3) is 0 Å². The number of amides is 1. The number of hydrazone groups is 1. The van der Waals surface area contributed by atoms with Gasteiger partial charge < -0.3 is 5.32 Å². The number of aromatic nitrogens is 1. The molecule has 7 heteroatoms. The number of nitrogens with one attached hydrogen (secondary N) is 1. The van der Waals surface area contributed by atoms with Crippen molar-refractivity contribution in [2.45, 2.75) is 53.4 Å². The maximum atomic E-state index is 11.7. The number of hydrogen-bond donors (Lipinski definition) is 1. The summed E-state index contributed by atoms with van der Waals surface area (Å²) in [4.78, 5) is 16.1. The summed E-state index contributed by atoms with van der Waals surface area (Å²) in [6.07, 6.45) is 3.57. The van der Waals surface area contributed by atoms with Gasteiger partial charge in [0.2, 0.25) is 5.91 Å². The lowest BCUT2D eigenvalue weighted by Gasteiger charge is -2.22. The van der Waals surface area contributed by atoms with Gasteiger partial charge in [-0.25, -0.2) is 4.98 Å². The monoisotopic (exact) mass is 389 g/mol. The summed E-state index contributed by atoms with van der Waals surface area (Å²) in [7, 11) is 1.73. The number of nitrogens with zero attached hydrogens (tertiary/aromatic N) is 4. The zero-order chi connectivity index (χ0) is 20.8. The molecule has 1 aliphatic heterocycles. The lowest BCUT2D eigenvalue weighted by atomic mass is 9.88. The van der Waals surface area contributed by atoms with E-state index in [4.69, 9.17) is 11.6 Å². The van der Waals surface area contributed by atoms with Crippen molar-refractivity contribution in [3.05, 3.63) is 34.1 Å². The van der Waals surface area contributed by atoms with Crippen LogP contribution in [0.2, 0.25) is 5.02 Å². The summed E-state index contributed by atoms with van der Waals surface area (Å²) in [6, 6.07) is 4.02. The smallest absolute Gasteiger partial charge is 0.225 e. The predicted molar refractivity (Wildman–Crippen MR) is 111 cm³/mol. The molecule has 0 saturated heterocycles. The van der Waals surface area contributed by atoms with Crippen molar-refractivity contribution in [1.29, 1.82) is 5.26 Å². The van der Waals surface area contributed by atoms with Crippen LogP contribution in [-0.4, -0.2) is 24.2 Å². The van der Waals surface area contributed by atoms with E-state index in [1.807, 2.05) is 19.9 Å². The van der Waals surface area contributed by atoms with E-state index in [0.29, 0.717) is 22.1 Å². The SMILES string of the molecule is CC.CC1=C(C#N)C(/C=N/N(C)c2ncc(C(C)(C)C)cc2Cl)CC(=O)N1. The lowest BCUT2D eigenvalue weighted by molar-refractivity contribution is -0.121. The number of carbonyl (C=O) groups excluding carboxylic acids is 1. The first-order valence-electron chi connectivity index (χ1n) is 8.98. The largest absolute Gasteiger partial charge is 0.329 e. The second-order valence-corrected chi connectivity index (χ2v) is 7.48. The van der Waals surface area contributed by atoms with E-state index in [9.17, 15) is 10.1 Å². The van der Waals surface area contributed by atoms with Gasteiger partial charge in [-0.1, -0.05) is 46.2 Å². The molecular formula is C20H28ClN5O. The molecule has 2 rings (SSSR count). The van der Waals surface area contributed by atoms with Crippen LogP contribution >= 0.6 is 11.6 Å². The minimum absolute atomic E-state index is 0.0452. The number of nitriles is 1. The highest BCUT2D eigenvalue weighted by Gasteiger charge is 2.25. The average Bonchev–Trinajstić information content (AvgIpc) is 2.60. The Bertz CT molecular complexity index is 787. The normalized spacial score (nSPS) is 17.1. The molecule has 0 spiro atoms. The van der Waals surface area contributed by atoms with Gasteiger partial charge in [0.1, 0.15) is 0 Å². The van der Waals surface area contributed by atoms with Crippen molar-refractivity contribution >= 4 is 29.5 Å². The van der Waals surface area contributed by atoms with Gasteiger partial charge in [0.15, 0.2) is 5.82 Å². The van der Waals surface area contributed by atoms with E-state index in [2.05, 4.69) is 42.2 Å². The van der Waals surface area contributed by atoms with E-state index in [-0.39, 0.29) is 23.7 Å². The standard InChI is InChI=1S/C18H22ClN5O.C2H6/c1-11-14(8-20)12(6-16(25)23-11)9-22-24(5)17-15(19)7-13(10-21-17)18(2,3)4;1-2/h7,9-10,12H,6H2,1-5H3,(H,23,25);1-2H3/b22-9+;. The first kappa shape index (κ1) is 22.7. The Morgan fingerprint density at radius 3 is 2.59 bits per heavy atom. The van der Waals surface area contributed by atoms with Crippen molar-refractivity contribution in [2.24, 2.45) is 11.0 Å². The molecule has 1 unspecified atom stereocenters. The molecule has 0 aliphatic carbocycles. The number of pyridine rings is 1. The molecule has 6 nitrogen and oxygen atoms in total. The second kappa shape index (κ2) is 9.52. The number of halogens is 1. The molecule has 1 N–H and O–H groups in total. The van der Waals surface area contributed by atoms with Gasteiger partial charge in [-0.2, -0.15) is 10.4 Å². The summed E-state index contributed by atoms with van der Waals surface area (Å²) in [5.41, 5.74) is 2.08. The Hall–Kier alpha value is -2.39. The first-order valence-corrected chi connectivity index (χ1v) is 9.36. The molecule has 0 aromatic carbocycles. The number of allylic oxidation sites excluding steroid dienone is 2. The lowest BCUT2D eigenvalue weighted by Crippen LogP contribution is -2.32. The van der Waals surface area contributed by atoms with Gasteiger partial charge in [0, 0.05) is 37.5 Å². The summed E-state index contributed by atoms with van der Waals surface area (Å²) in [5, 5.41) is 18.3. The minimum Gasteiger partial charge on any atom is -0.329 e. The quantitative estimate of drug-likeness (QED) is 0.613. The summed E-state index contributed by atoms with van der Waals surface area (Å²) in [6.45, 7) is 12.0. The average molecular weight is 390 g/mol. The van der Waals surface area contributed by atoms with Crippen LogP contribution in [0, 0.1) is 17.2 Å². The molecule has 0 radical (unpaired) electrons. The minimum atomic E-state index is -0.353. The van der Waals surface area contributed by atoms with Crippen LogP contribution in [0.4, 0.5) is 5.82 Å². The van der Waals surface area contributed by atoms with Gasteiger partial charge in [-0.15, -0.1) is 0 Å². The predicted octanol–water partition coefficient (Wildman–Crippen LogP) is 4.41.